The molecule has 2 aromatic rings. The van der Waals surface area contributed by atoms with Gasteiger partial charge in [0.2, 0.25) is 5.91 Å². The monoisotopic (exact) mass is 278 g/mol. The maximum atomic E-state index is 12.7. The fourth-order valence-electron chi connectivity index (χ4n) is 1.52. The second-order valence-electron chi connectivity index (χ2n) is 3.92. The molecule has 0 bridgehead atoms. The first kappa shape index (κ1) is 13.4. The van der Waals surface area contributed by atoms with Crippen molar-refractivity contribution in [1.82, 2.24) is 0 Å². The summed E-state index contributed by atoms with van der Waals surface area (Å²) in [6.07, 6.45) is 0. The minimum Gasteiger partial charge on any atom is -0.376 e. The summed E-state index contributed by atoms with van der Waals surface area (Å²) in [4.78, 5) is 11.7. The molecule has 0 aliphatic heterocycles. The van der Waals surface area contributed by atoms with Gasteiger partial charge in [-0.05, 0) is 42.5 Å². The van der Waals surface area contributed by atoms with Crippen molar-refractivity contribution >= 4 is 28.9 Å². The highest BCUT2D eigenvalue weighted by Gasteiger charge is 2.02. The van der Waals surface area contributed by atoms with Crippen molar-refractivity contribution in [3.8, 4) is 0 Å². The Kier molecular flexibility index (Phi) is 4.36. The number of carbonyl (C=O) groups is 1. The zero-order chi connectivity index (χ0) is 13.7. The van der Waals surface area contributed by atoms with Gasteiger partial charge in [0.1, 0.15) is 5.82 Å². The molecule has 0 aliphatic carbocycles. The van der Waals surface area contributed by atoms with E-state index in [1.807, 2.05) is 6.07 Å². The molecular formula is C14H12ClFN2O. The number of halogens is 2. The van der Waals surface area contributed by atoms with E-state index in [0.29, 0.717) is 10.7 Å². The first-order valence-corrected chi connectivity index (χ1v) is 6.06. The molecule has 0 radical (unpaired) electrons. The van der Waals surface area contributed by atoms with Crippen LogP contribution in [0.25, 0.3) is 0 Å². The maximum absolute atomic E-state index is 12.7. The molecular weight excluding hydrogens is 267 g/mol. The molecule has 19 heavy (non-hydrogen) atoms. The molecule has 2 rings (SSSR count). The van der Waals surface area contributed by atoms with E-state index in [0.717, 1.165) is 5.69 Å². The van der Waals surface area contributed by atoms with E-state index in [1.54, 1.807) is 18.2 Å². The van der Waals surface area contributed by atoms with E-state index >= 15 is 0 Å². The van der Waals surface area contributed by atoms with Crippen molar-refractivity contribution < 1.29 is 9.18 Å². The molecule has 2 N–H and O–H groups in total. The Labute approximate surface area is 115 Å². The maximum Gasteiger partial charge on any atom is 0.243 e. The topological polar surface area (TPSA) is 41.1 Å². The molecule has 0 saturated carbocycles. The third-order valence-electron chi connectivity index (χ3n) is 2.41. The summed E-state index contributed by atoms with van der Waals surface area (Å²) in [5, 5.41) is 6.20. The number of hydrogen-bond acceptors (Lipinski definition) is 2. The molecule has 0 unspecified atom stereocenters. The summed E-state index contributed by atoms with van der Waals surface area (Å²) >= 11 is 5.83. The van der Waals surface area contributed by atoms with Crippen LogP contribution in [-0.2, 0) is 4.79 Å². The zero-order valence-corrected chi connectivity index (χ0v) is 10.7. The van der Waals surface area contributed by atoms with Crippen molar-refractivity contribution in [2.45, 2.75) is 0 Å². The fraction of sp³-hybridized carbons (Fsp3) is 0.0714. The summed E-state index contributed by atoms with van der Waals surface area (Å²) in [5.74, 6) is -0.554. The average Bonchev–Trinajstić information content (AvgIpc) is 2.39. The van der Waals surface area contributed by atoms with E-state index in [9.17, 15) is 9.18 Å². The van der Waals surface area contributed by atoms with Gasteiger partial charge in [-0.15, -0.1) is 0 Å². The Hall–Kier alpha value is -2.07. The molecule has 0 spiro atoms. The minimum absolute atomic E-state index is 0.109. The van der Waals surface area contributed by atoms with E-state index in [4.69, 9.17) is 11.6 Å². The molecule has 0 heterocycles. The molecule has 0 atom stereocenters. The van der Waals surface area contributed by atoms with Crippen LogP contribution >= 0.6 is 11.6 Å². The SMILES string of the molecule is O=C(CNc1cccc(Cl)c1)Nc1ccc(F)cc1. The zero-order valence-electron chi connectivity index (χ0n) is 9.99. The Morgan fingerprint density at radius 2 is 1.84 bits per heavy atom. The summed E-state index contributed by atoms with van der Waals surface area (Å²) in [5.41, 5.74) is 1.32. The Morgan fingerprint density at radius 1 is 1.11 bits per heavy atom. The van der Waals surface area contributed by atoms with Crippen molar-refractivity contribution in [1.29, 1.82) is 0 Å². The van der Waals surface area contributed by atoms with Gasteiger partial charge in [-0.2, -0.15) is 0 Å². The number of rotatable bonds is 4. The lowest BCUT2D eigenvalue weighted by atomic mass is 10.3. The molecule has 0 fully saturated rings. The molecule has 5 heteroatoms. The van der Waals surface area contributed by atoms with Crippen LogP contribution in [0.1, 0.15) is 0 Å². The third kappa shape index (κ3) is 4.26. The highest BCUT2D eigenvalue weighted by Crippen LogP contribution is 2.14. The van der Waals surface area contributed by atoms with Crippen LogP contribution in [0.4, 0.5) is 15.8 Å². The average molecular weight is 279 g/mol. The molecule has 1 amide bonds. The summed E-state index contributed by atoms with van der Waals surface area (Å²) in [7, 11) is 0. The predicted molar refractivity (Wildman–Crippen MR) is 75.0 cm³/mol. The number of benzene rings is 2. The van der Waals surface area contributed by atoms with Crippen LogP contribution in [0, 0.1) is 5.82 Å². The van der Waals surface area contributed by atoms with Crippen molar-refractivity contribution in [3.05, 3.63) is 59.4 Å². The summed E-state index contributed by atoms with van der Waals surface area (Å²) in [6.45, 7) is 0.109. The van der Waals surface area contributed by atoms with E-state index < -0.39 is 0 Å². The summed E-state index contributed by atoms with van der Waals surface area (Å²) < 4.78 is 12.7. The number of carbonyl (C=O) groups excluding carboxylic acids is 1. The van der Waals surface area contributed by atoms with Gasteiger partial charge in [0.15, 0.2) is 0 Å². The number of hydrogen-bond donors (Lipinski definition) is 2. The standard InChI is InChI=1S/C14H12ClFN2O/c15-10-2-1-3-13(8-10)17-9-14(19)18-12-6-4-11(16)5-7-12/h1-8,17H,9H2,(H,18,19). The molecule has 3 nitrogen and oxygen atoms in total. The van der Waals surface area contributed by atoms with Gasteiger partial charge >= 0.3 is 0 Å². The van der Waals surface area contributed by atoms with E-state index in [-0.39, 0.29) is 18.3 Å². The van der Waals surface area contributed by atoms with Gasteiger partial charge in [0, 0.05) is 16.4 Å². The van der Waals surface area contributed by atoms with Gasteiger partial charge < -0.3 is 10.6 Å². The second kappa shape index (κ2) is 6.20. The molecule has 0 aliphatic rings. The fourth-order valence-corrected chi connectivity index (χ4v) is 1.71. The number of nitrogens with one attached hydrogen (secondary N) is 2. The Bertz CT molecular complexity index is 572. The highest BCUT2D eigenvalue weighted by atomic mass is 35.5. The second-order valence-corrected chi connectivity index (χ2v) is 4.36. The molecule has 0 aromatic heterocycles. The van der Waals surface area contributed by atoms with Crippen molar-refractivity contribution in [2.75, 3.05) is 17.2 Å². The van der Waals surface area contributed by atoms with Gasteiger partial charge in [0.25, 0.3) is 0 Å². The quantitative estimate of drug-likeness (QED) is 0.898. The smallest absolute Gasteiger partial charge is 0.243 e. The van der Waals surface area contributed by atoms with Crippen molar-refractivity contribution in [2.24, 2.45) is 0 Å². The van der Waals surface area contributed by atoms with E-state index in [2.05, 4.69) is 10.6 Å². The predicted octanol–water partition coefficient (Wildman–Crippen LogP) is 3.53. The molecule has 98 valence electrons. The van der Waals surface area contributed by atoms with Crippen LogP contribution in [0.15, 0.2) is 48.5 Å². The first-order chi connectivity index (χ1) is 9.13. The largest absolute Gasteiger partial charge is 0.376 e. The van der Waals surface area contributed by atoms with Crippen LogP contribution in [0.5, 0.6) is 0 Å². The van der Waals surface area contributed by atoms with Crippen LogP contribution in [-0.4, -0.2) is 12.5 Å². The van der Waals surface area contributed by atoms with Crippen LogP contribution in [0.3, 0.4) is 0 Å². The number of amides is 1. The van der Waals surface area contributed by atoms with Crippen molar-refractivity contribution in [3.63, 3.8) is 0 Å². The normalized spacial score (nSPS) is 10.0. The molecule has 2 aromatic carbocycles. The Balaban J connectivity index is 1.86. The Morgan fingerprint density at radius 3 is 2.53 bits per heavy atom. The number of anilines is 2. The van der Waals surface area contributed by atoms with Gasteiger partial charge in [-0.25, -0.2) is 4.39 Å². The highest BCUT2D eigenvalue weighted by molar-refractivity contribution is 6.30. The lowest BCUT2D eigenvalue weighted by molar-refractivity contribution is -0.114. The van der Waals surface area contributed by atoms with Gasteiger partial charge in [-0.3, -0.25) is 4.79 Å². The van der Waals surface area contributed by atoms with Gasteiger partial charge in [0.05, 0.1) is 6.54 Å². The van der Waals surface area contributed by atoms with Crippen LogP contribution < -0.4 is 10.6 Å². The first-order valence-electron chi connectivity index (χ1n) is 5.68. The van der Waals surface area contributed by atoms with Gasteiger partial charge in [-0.1, -0.05) is 17.7 Å². The van der Waals surface area contributed by atoms with Crippen LogP contribution in [0.2, 0.25) is 5.02 Å². The lowest BCUT2D eigenvalue weighted by Gasteiger charge is -2.08. The lowest BCUT2D eigenvalue weighted by Crippen LogP contribution is -2.21. The minimum atomic E-state index is -0.338. The molecule has 0 saturated heterocycles. The summed E-state index contributed by atoms with van der Waals surface area (Å²) in [6, 6.07) is 12.7. The third-order valence-corrected chi connectivity index (χ3v) is 2.64. The van der Waals surface area contributed by atoms with E-state index in [1.165, 1.54) is 24.3 Å².